The van der Waals surface area contributed by atoms with Crippen molar-refractivity contribution in [1.29, 1.82) is 0 Å². The Hall–Kier alpha value is -2.06. The molecule has 0 radical (unpaired) electrons. The topological polar surface area (TPSA) is 105 Å². The molecule has 0 aromatic carbocycles. The maximum atomic E-state index is 13.0. The molecule has 0 aliphatic rings. The number of hydrogen-bond acceptors (Lipinski definition) is 5. The molecule has 3 unspecified atom stereocenters. The van der Waals surface area contributed by atoms with Gasteiger partial charge in [0.1, 0.15) is 13.2 Å². The molecule has 73 heavy (non-hydrogen) atoms. The van der Waals surface area contributed by atoms with Crippen molar-refractivity contribution >= 4 is 13.7 Å². The summed E-state index contributed by atoms with van der Waals surface area (Å²) < 4.78 is 23.7. The van der Waals surface area contributed by atoms with Gasteiger partial charge in [-0.2, -0.15) is 0 Å². The van der Waals surface area contributed by atoms with E-state index in [0.29, 0.717) is 17.4 Å². The van der Waals surface area contributed by atoms with E-state index < -0.39 is 20.0 Å². The van der Waals surface area contributed by atoms with Crippen molar-refractivity contribution in [2.24, 2.45) is 0 Å². The summed E-state index contributed by atoms with van der Waals surface area (Å²) in [6.45, 7) is 4.73. The molecule has 8 nitrogen and oxygen atoms in total. The average Bonchev–Trinajstić information content (AvgIpc) is 3.35. The van der Waals surface area contributed by atoms with Crippen LogP contribution in [0, 0.1) is 0 Å². The minimum Gasteiger partial charge on any atom is -0.387 e. The second-order valence-electron chi connectivity index (χ2n) is 22.1. The van der Waals surface area contributed by atoms with Crippen LogP contribution in [0.2, 0.25) is 0 Å². The number of allylic oxidation sites excluding steroid dienone is 11. The summed E-state index contributed by atoms with van der Waals surface area (Å²) in [5.74, 6) is -0.175. The van der Waals surface area contributed by atoms with Gasteiger partial charge in [0.05, 0.1) is 39.9 Å². The van der Waals surface area contributed by atoms with Crippen LogP contribution in [0.1, 0.15) is 277 Å². The van der Waals surface area contributed by atoms with Crippen molar-refractivity contribution in [2.75, 3.05) is 40.9 Å². The van der Waals surface area contributed by atoms with Crippen molar-refractivity contribution in [2.45, 2.75) is 289 Å². The number of nitrogens with one attached hydrogen (secondary N) is 1. The molecule has 426 valence electrons. The molecule has 0 aliphatic carbocycles. The van der Waals surface area contributed by atoms with E-state index in [1.165, 1.54) is 186 Å². The molecule has 0 aromatic rings. The molecule has 0 heterocycles. The Labute approximate surface area is 453 Å². The number of nitrogens with zero attached hydrogens (tertiary/aromatic N) is 1. The fraction of sp³-hybridized carbons (Fsp3) is 0.797. The van der Waals surface area contributed by atoms with Gasteiger partial charge in [-0.05, 0) is 64.2 Å². The Balaban J connectivity index is 4.08. The molecule has 0 saturated carbocycles. The summed E-state index contributed by atoms with van der Waals surface area (Å²) >= 11 is 0. The number of phosphoric acid groups is 1. The molecular weight excluding hydrogens is 924 g/mol. The highest BCUT2D eigenvalue weighted by atomic mass is 31.2. The van der Waals surface area contributed by atoms with Gasteiger partial charge >= 0.3 is 7.82 Å². The number of quaternary nitrogens is 1. The van der Waals surface area contributed by atoms with Crippen LogP contribution in [0.3, 0.4) is 0 Å². The summed E-state index contributed by atoms with van der Waals surface area (Å²) in [6, 6.07) is -0.849. The van der Waals surface area contributed by atoms with Crippen molar-refractivity contribution in [1.82, 2.24) is 5.32 Å². The number of aliphatic hydroxyl groups excluding tert-OH is 1. The van der Waals surface area contributed by atoms with E-state index in [-0.39, 0.29) is 19.1 Å². The van der Waals surface area contributed by atoms with Crippen LogP contribution in [0.15, 0.2) is 72.9 Å². The van der Waals surface area contributed by atoms with E-state index in [1.54, 1.807) is 6.08 Å². The van der Waals surface area contributed by atoms with Crippen LogP contribution in [-0.2, 0) is 18.4 Å². The molecule has 0 spiro atoms. The molecule has 3 N–H and O–H groups in total. The zero-order valence-electron chi connectivity index (χ0n) is 48.6. The van der Waals surface area contributed by atoms with Gasteiger partial charge in [-0.1, -0.05) is 279 Å². The molecule has 0 saturated heterocycles. The first-order valence-electron chi connectivity index (χ1n) is 30.8. The summed E-state index contributed by atoms with van der Waals surface area (Å²) in [4.78, 5) is 23.3. The fourth-order valence-corrected chi connectivity index (χ4v) is 9.63. The van der Waals surface area contributed by atoms with Gasteiger partial charge in [0.15, 0.2) is 0 Å². The number of amides is 1. The molecule has 9 heteroatoms. The first kappa shape index (κ1) is 70.9. The third kappa shape index (κ3) is 57.5. The lowest BCUT2D eigenvalue weighted by molar-refractivity contribution is -0.870. The predicted molar refractivity (Wildman–Crippen MR) is 318 cm³/mol. The monoisotopic (exact) mass is 1040 g/mol. The Kier molecular flexibility index (Phi) is 53.2. The van der Waals surface area contributed by atoms with E-state index >= 15 is 0 Å². The van der Waals surface area contributed by atoms with Crippen LogP contribution in [0.25, 0.3) is 0 Å². The Morgan fingerprint density at radius 1 is 0.479 bits per heavy atom. The summed E-state index contributed by atoms with van der Waals surface area (Å²) in [5.41, 5.74) is 0. The highest BCUT2D eigenvalue weighted by Crippen LogP contribution is 2.43. The summed E-state index contributed by atoms with van der Waals surface area (Å²) in [7, 11) is 1.58. The van der Waals surface area contributed by atoms with Gasteiger partial charge in [-0.3, -0.25) is 13.8 Å². The molecule has 1 amide bonds. The maximum Gasteiger partial charge on any atom is 0.472 e. The van der Waals surface area contributed by atoms with Crippen molar-refractivity contribution in [3.05, 3.63) is 72.9 Å². The third-order valence-electron chi connectivity index (χ3n) is 13.7. The van der Waals surface area contributed by atoms with Gasteiger partial charge in [-0.15, -0.1) is 0 Å². The third-order valence-corrected chi connectivity index (χ3v) is 14.7. The normalized spacial score (nSPS) is 14.3. The largest absolute Gasteiger partial charge is 0.472 e. The Morgan fingerprint density at radius 3 is 1.21 bits per heavy atom. The second kappa shape index (κ2) is 54.7. The van der Waals surface area contributed by atoms with Crippen LogP contribution in [0.5, 0.6) is 0 Å². The number of likely N-dealkylation sites (N-methyl/N-ethyl adjacent to an activating group) is 1. The van der Waals surface area contributed by atoms with Crippen molar-refractivity contribution in [3.8, 4) is 0 Å². The number of hydrogen-bond donors (Lipinski definition) is 3. The van der Waals surface area contributed by atoms with Gasteiger partial charge in [0.25, 0.3) is 0 Å². The smallest absolute Gasteiger partial charge is 0.387 e. The van der Waals surface area contributed by atoms with Gasteiger partial charge in [-0.25, -0.2) is 4.57 Å². The van der Waals surface area contributed by atoms with Crippen LogP contribution in [-0.4, -0.2) is 73.4 Å². The first-order valence-corrected chi connectivity index (χ1v) is 32.3. The molecular formula is C64H120N2O6P+. The van der Waals surface area contributed by atoms with E-state index in [2.05, 4.69) is 79.9 Å². The van der Waals surface area contributed by atoms with E-state index in [4.69, 9.17) is 9.05 Å². The zero-order chi connectivity index (χ0) is 53.5. The maximum absolute atomic E-state index is 13.0. The van der Waals surface area contributed by atoms with E-state index in [9.17, 15) is 19.4 Å². The number of carbonyl (C=O) groups excluding carboxylic acids is 1. The second-order valence-corrected chi connectivity index (χ2v) is 23.5. The van der Waals surface area contributed by atoms with Gasteiger partial charge in [0, 0.05) is 6.42 Å². The van der Waals surface area contributed by atoms with Gasteiger partial charge < -0.3 is 19.8 Å². The van der Waals surface area contributed by atoms with E-state index in [0.717, 1.165) is 70.6 Å². The zero-order valence-corrected chi connectivity index (χ0v) is 49.5. The fourth-order valence-electron chi connectivity index (χ4n) is 8.89. The first-order chi connectivity index (χ1) is 35.5. The highest BCUT2D eigenvalue weighted by molar-refractivity contribution is 7.47. The summed E-state index contributed by atoms with van der Waals surface area (Å²) in [6.07, 6.45) is 75.8. The number of carbonyl (C=O) groups is 1. The molecule has 0 bridgehead atoms. The number of aliphatic hydroxyl groups is 1. The lowest BCUT2D eigenvalue weighted by Crippen LogP contribution is -2.45. The SMILES string of the molecule is CC/C=C\C/C=C\C/C=C\C/C=C\C/C=C\CCCCCCCCCCCCCCCCCCCC(=O)NC(COP(=O)(O)OCC[N+](C)(C)C)C(O)/C=C/CCCCCCCCCCCCCCCCCC. The highest BCUT2D eigenvalue weighted by Gasteiger charge is 2.27. The van der Waals surface area contributed by atoms with E-state index in [1.807, 2.05) is 27.2 Å². The Morgan fingerprint density at radius 2 is 0.822 bits per heavy atom. The predicted octanol–water partition coefficient (Wildman–Crippen LogP) is 19.0. The minimum absolute atomic E-state index is 0.0609. The molecule has 0 rings (SSSR count). The number of phosphoric ester groups is 1. The van der Waals surface area contributed by atoms with Crippen LogP contribution in [0.4, 0.5) is 0 Å². The number of rotatable bonds is 56. The Bertz CT molecular complexity index is 1420. The quantitative estimate of drug-likeness (QED) is 0.0243. The van der Waals surface area contributed by atoms with Gasteiger partial charge in [0.2, 0.25) is 5.91 Å². The molecule has 0 aromatic heterocycles. The molecule has 0 fully saturated rings. The average molecular weight is 1040 g/mol. The lowest BCUT2D eigenvalue weighted by Gasteiger charge is -2.25. The molecule has 3 atom stereocenters. The summed E-state index contributed by atoms with van der Waals surface area (Å²) in [5, 5.41) is 14.0. The van der Waals surface area contributed by atoms with Crippen LogP contribution < -0.4 is 5.32 Å². The van der Waals surface area contributed by atoms with Crippen molar-refractivity contribution in [3.63, 3.8) is 0 Å². The molecule has 0 aliphatic heterocycles. The number of unbranched alkanes of at least 4 members (excludes halogenated alkanes) is 33. The van der Waals surface area contributed by atoms with Crippen molar-refractivity contribution < 1.29 is 32.9 Å². The minimum atomic E-state index is -4.35. The standard InChI is InChI=1S/C64H119N2O6P/c1-6-8-10-12-14-16-18-20-22-24-26-27-28-29-30-31-32-33-34-35-36-37-38-39-40-42-44-46-48-50-52-54-56-58-64(68)65-62(61-72-73(69,70)71-60-59-66(3,4)5)63(67)57-55-53-51-49-47-45-43-41-25-23-21-19-17-15-13-11-9-7-2/h8,10,14,16,20,22,26-27,29-30,55,57,62-63,67H,6-7,9,11-13,15,17-19,21,23-25,28,31-54,56,58-61H2,1-5H3,(H-,65,68,69,70)/p+1/b10-8-,16-14-,22-20-,27-26-,30-29-,57-55+. The van der Waals surface area contributed by atoms with Crippen LogP contribution >= 0.6 is 7.82 Å². The lowest BCUT2D eigenvalue weighted by atomic mass is 10.0.